The van der Waals surface area contributed by atoms with Crippen LogP contribution in [0.1, 0.15) is 18.1 Å². The van der Waals surface area contributed by atoms with Crippen molar-refractivity contribution in [1.29, 1.82) is 0 Å². The van der Waals surface area contributed by atoms with E-state index in [1.807, 2.05) is 55.5 Å². The number of aliphatic hydroxyl groups is 1. The fourth-order valence-corrected chi connectivity index (χ4v) is 2.11. The van der Waals surface area contributed by atoms with Crippen LogP contribution in [0.25, 0.3) is 0 Å². The predicted molar refractivity (Wildman–Crippen MR) is 95.3 cm³/mol. The fourth-order valence-electron chi connectivity index (χ4n) is 2.11. The normalized spacial score (nSPS) is 11.7. The highest BCUT2D eigenvalue weighted by atomic mass is 16.5. The highest BCUT2D eigenvalue weighted by molar-refractivity contribution is 5.91. The molecule has 0 bridgehead atoms. The Kier molecular flexibility index (Phi) is 6.21. The first-order chi connectivity index (χ1) is 11.5. The summed E-state index contributed by atoms with van der Waals surface area (Å²) in [6.07, 6.45) is 0. The molecule has 5 nitrogen and oxygen atoms in total. The van der Waals surface area contributed by atoms with Crippen molar-refractivity contribution in [1.82, 2.24) is 4.90 Å². The first-order valence-corrected chi connectivity index (χ1v) is 7.93. The molecule has 0 aromatic heterocycles. The van der Waals surface area contributed by atoms with Crippen LogP contribution in [0.3, 0.4) is 0 Å². The average molecular weight is 328 g/mol. The van der Waals surface area contributed by atoms with Gasteiger partial charge in [-0.15, -0.1) is 0 Å². The molecule has 0 aliphatic carbocycles. The number of urea groups is 1. The molecule has 128 valence electrons. The van der Waals surface area contributed by atoms with Gasteiger partial charge in [-0.3, -0.25) is 0 Å². The van der Waals surface area contributed by atoms with Gasteiger partial charge in [-0.2, -0.15) is 0 Å². The number of aliphatic hydroxyl groups excluding tert-OH is 1. The van der Waals surface area contributed by atoms with Gasteiger partial charge >= 0.3 is 6.03 Å². The second-order valence-corrected chi connectivity index (χ2v) is 5.85. The molecule has 2 aromatic carbocycles. The minimum absolute atomic E-state index is 0.0881. The van der Waals surface area contributed by atoms with E-state index in [0.29, 0.717) is 18.0 Å². The maximum atomic E-state index is 12.3. The van der Waals surface area contributed by atoms with E-state index in [4.69, 9.17) is 4.74 Å². The summed E-state index contributed by atoms with van der Waals surface area (Å²) in [7, 11) is 1.65. The molecule has 5 heteroatoms. The number of benzene rings is 2. The van der Waals surface area contributed by atoms with Crippen LogP contribution in [0.5, 0.6) is 5.75 Å². The van der Waals surface area contributed by atoms with Crippen LogP contribution in [0.15, 0.2) is 48.5 Å². The molecule has 0 spiro atoms. The quantitative estimate of drug-likeness (QED) is 0.854. The number of amides is 2. The van der Waals surface area contributed by atoms with Crippen LogP contribution in [0.2, 0.25) is 0 Å². The van der Waals surface area contributed by atoms with Crippen molar-refractivity contribution < 1.29 is 14.6 Å². The summed E-state index contributed by atoms with van der Waals surface area (Å²) in [6.45, 7) is 4.09. The molecule has 0 fully saturated rings. The Morgan fingerprint density at radius 2 is 1.96 bits per heavy atom. The van der Waals surface area contributed by atoms with Gasteiger partial charge in [0.05, 0.1) is 18.3 Å². The largest absolute Gasteiger partial charge is 0.487 e. The van der Waals surface area contributed by atoms with Crippen molar-refractivity contribution in [2.24, 2.45) is 0 Å². The van der Waals surface area contributed by atoms with Gasteiger partial charge in [0.25, 0.3) is 0 Å². The number of likely N-dealkylation sites (N-methyl/N-ethyl adjacent to an activating group) is 1. The first kappa shape index (κ1) is 17.8. The SMILES string of the molecule is Cc1ccc(NC(=O)N(C)C(C)CO)c(OCc2ccccc2)c1. The Morgan fingerprint density at radius 1 is 1.25 bits per heavy atom. The lowest BCUT2D eigenvalue weighted by molar-refractivity contribution is 0.166. The molecule has 1 atom stereocenters. The molecule has 0 radical (unpaired) electrons. The highest BCUT2D eigenvalue weighted by Crippen LogP contribution is 2.27. The van der Waals surface area contributed by atoms with Crippen molar-refractivity contribution in [2.45, 2.75) is 26.5 Å². The first-order valence-electron chi connectivity index (χ1n) is 7.93. The molecule has 0 saturated heterocycles. The molecule has 24 heavy (non-hydrogen) atoms. The van der Waals surface area contributed by atoms with E-state index in [2.05, 4.69) is 5.32 Å². The third kappa shape index (κ3) is 4.73. The van der Waals surface area contributed by atoms with Crippen LogP contribution in [0.4, 0.5) is 10.5 Å². The smallest absolute Gasteiger partial charge is 0.322 e. The number of anilines is 1. The fraction of sp³-hybridized carbons (Fsp3) is 0.316. The summed E-state index contributed by atoms with van der Waals surface area (Å²) in [6, 6.07) is 15.0. The second kappa shape index (κ2) is 8.36. The Balaban J connectivity index is 2.11. The van der Waals surface area contributed by atoms with E-state index in [9.17, 15) is 9.90 Å². The lowest BCUT2D eigenvalue weighted by Crippen LogP contribution is -2.40. The van der Waals surface area contributed by atoms with Crippen molar-refractivity contribution in [3.05, 3.63) is 59.7 Å². The van der Waals surface area contributed by atoms with E-state index in [1.54, 1.807) is 14.0 Å². The van der Waals surface area contributed by atoms with Gasteiger partial charge in [-0.25, -0.2) is 4.79 Å². The van der Waals surface area contributed by atoms with Crippen LogP contribution in [-0.4, -0.2) is 35.7 Å². The van der Waals surface area contributed by atoms with Crippen molar-refractivity contribution in [3.8, 4) is 5.75 Å². The minimum atomic E-state index is -0.287. The molecule has 0 aliphatic heterocycles. The maximum Gasteiger partial charge on any atom is 0.322 e. The van der Waals surface area contributed by atoms with Crippen molar-refractivity contribution in [3.63, 3.8) is 0 Å². The maximum absolute atomic E-state index is 12.3. The molecular weight excluding hydrogens is 304 g/mol. The summed E-state index contributed by atoms with van der Waals surface area (Å²) in [4.78, 5) is 13.7. The minimum Gasteiger partial charge on any atom is -0.487 e. The van der Waals surface area contributed by atoms with Gasteiger partial charge in [0.15, 0.2) is 0 Å². The third-order valence-corrected chi connectivity index (χ3v) is 3.86. The van der Waals surface area contributed by atoms with Gasteiger partial charge in [0, 0.05) is 7.05 Å². The molecule has 0 aliphatic rings. The second-order valence-electron chi connectivity index (χ2n) is 5.85. The van der Waals surface area contributed by atoms with Crippen LogP contribution in [0, 0.1) is 6.92 Å². The van der Waals surface area contributed by atoms with E-state index in [0.717, 1.165) is 11.1 Å². The number of carbonyl (C=O) groups is 1. The Labute approximate surface area is 142 Å². The van der Waals surface area contributed by atoms with Crippen LogP contribution >= 0.6 is 0 Å². The monoisotopic (exact) mass is 328 g/mol. The van der Waals surface area contributed by atoms with E-state index in [-0.39, 0.29) is 18.7 Å². The molecule has 0 heterocycles. The summed E-state index contributed by atoms with van der Waals surface area (Å²) in [5, 5.41) is 12.0. The molecule has 0 saturated carbocycles. The summed E-state index contributed by atoms with van der Waals surface area (Å²) >= 11 is 0. The number of hydrogen-bond acceptors (Lipinski definition) is 3. The van der Waals surface area contributed by atoms with Gasteiger partial charge in [0.2, 0.25) is 0 Å². The van der Waals surface area contributed by atoms with Crippen molar-refractivity contribution in [2.75, 3.05) is 19.0 Å². The topological polar surface area (TPSA) is 61.8 Å². The summed E-state index contributed by atoms with van der Waals surface area (Å²) < 4.78 is 5.89. The molecular formula is C19H24N2O3. The van der Waals surface area contributed by atoms with Crippen LogP contribution < -0.4 is 10.1 Å². The van der Waals surface area contributed by atoms with Crippen molar-refractivity contribution >= 4 is 11.7 Å². The van der Waals surface area contributed by atoms with Gasteiger partial charge in [0.1, 0.15) is 12.4 Å². The number of nitrogens with one attached hydrogen (secondary N) is 1. The Bertz CT molecular complexity index is 674. The number of aryl methyl sites for hydroxylation is 1. The Morgan fingerprint density at radius 3 is 2.62 bits per heavy atom. The number of rotatable bonds is 6. The summed E-state index contributed by atoms with van der Waals surface area (Å²) in [5.41, 5.74) is 2.72. The van der Waals surface area contributed by atoms with E-state index in [1.165, 1.54) is 4.90 Å². The molecule has 1 unspecified atom stereocenters. The zero-order valence-corrected chi connectivity index (χ0v) is 14.3. The van der Waals surface area contributed by atoms with E-state index < -0.39 is 0 Å². The predicted octanol–water partition coefficient (Wildman–Crippen LogP) is 3.42. The lowest BCUT2D eigenvalue weighted by atomic mass is 10.2. The van der Waals surface area contributed by atoms with Gasteiger partial charge in [-0.05, 0) is 37.1 Å². The molecule has 2 rings (SSSR count). The molecule has 2 amide bonds. The standard InChI is InChI=1S/C19H24N2O3/c1-14-9-10-17(20-19(23)21(3)15(2)12-22)18(11-14)24-13-16-7-5-4-6-8-16/h4-11,15,22H,12-13H2,1-3H3,(H,20,23). The summed E-state index contributed by atoms with van der Waals surface area (Å²) in [5.74, 6) is 0.622. The molecule has 2 aromatic rings. The van der Waals surface area contributed by atoms with Crippen LogP contribution in [-0.2, 0) is 6.61 Å². The lowest BCUT2D eigenvalue weighted by Gasteiger charge is -2.24. The molecule has 2 N–H and O–H groups in total. The number of hydrogen-bond donors (Lipinski definition) is 2. The number of ether oxygens (including phenoxy) is 1. The average Bonchev–Trinajstić information content (AvgIpc) is 2.61. The Hall–Kier alpha value is -2.53. The number of carbonyl (C=O) groups excluding carboxylic acids is 1. The third-order valence-electron chi connectivity index (χ3n) is 3.86. The zero-order chi connectivity index (χ0) is 17.5. The van der Waals surface area contributed by atoms with Gasteiger partial charge in [-0.1, -0.05) is 36.4 Å². The number of nitrogens with zero attached hydrogens (tertiary/aromatic N) is 1. The highest BCUT2D eigenvalue weighted by Gasteiger charge is 2.16. The zero-order valence-electron chi connectivity index (χ0n) is 14.3. The van der Waals surface area contributed by atoms with E-state index >= 15 is 0 Å². The van der Waals surface area contributed by atoms with Gasteiger partial charge < -0.3 is 20.1 Å².